The molecule has 2 unspecified atom stereocenters. The van der Waals surface area contributed by atoms with Crippen LogP contribution in [-0.4, -0.2) is 46.5 Å². The van der Waals surface area contributed by atoms with Gasteiger partial charge in [-0.05, 0) is 39.2 Å². The molecule has 1 aromatic rings. The second kappa shape index (κ2) is 8.16. The van der Waals surface area contributed by atoms with Gasteiger partial charge in [-0.15, -0.1) is 0 Å². The molecule has 1 fully saturated rings. The molecular weight excluding hydrogens is 322 g/mol. The van der Waals surface area contributed by atoms with Gasteiger partial charge in [-0.2, -0.15) is 0 Å². The third-order valence-electron chi connectivity index (χ3n) is 4.18. The highest BCUT2D eigenvalue weighted by molar-refractivity contribution is 5.81. The van der Waals surface area contributed by atoms with E-state index in [0.717, 1.165) is 5.56 Å². The van der Waals surface area contributed by atoms with Crippen LogP contribution in [0.5, 0.6) is 0 Å². The van der Waals surface area contributed by atoms with Crippen molar-refractivity contribution in [3.8, 4) is 0 Å². The number of rotatable bonds is 6. The normalized spacial score (nSPS) is 22.3. The van der Waals surface area contributed by atoms with Crippen molar-refractivity contribution >= 4 is 12.1 Å². The van der Waals surface area contributed by atoms with E-state index in [2.05, 4.69) is 0 Å². The average molecular weight is 347 g/mol. The van der Waals surface area contributed by atoms with Crippen LogP contribution in [0.2, 0.25) is 0 Å². The van der Waals surface area contributed by atoms with E-state index in [9.17, 15) is 14.7 Å². The highest BCUT2D eigenvalue weighted by Crippen LogP contribution is 2.35. The zero-order chi connectivity index (χ0) is 18.4. The first-order valence-electron chi connectivity index (χ1n) is 8.42. The number of nitrogens with zero attached hydrogens (tertiary/aromatic N) is 1. The molecule has 1 amide bonds. The monoisotopic (exact) mass is 347 g/mol. The number of carbonyl (C=O) groups is 2. The fourth-order valence-corrected chi connectivity index (χ4v) is 3.22. The minimum atomic E-state index is -1.01. The lowest BCUT2D eigenvalue weighted by Crippen LogP contribution is -2.48. The molecule has 2 atom stereocenters. The maximum Gasteiger partial charge on any atom is 0.409 e. The fourth-order valence-electron chi connectivity index (χ4n) is 3.22. The predicted octanol–water partition coefficient (Wildman–Crippen LogP) is 3.22. The molecule has 0 aliphatic carbocycles. The molecular formula is C19H25NO5. The molecule has 0 saturated carbocycles. The number of hydrogen-bond donors (Lipinski definition) is 1. The Bertz CT molecular complexity index is 626. The minimum absolute atomic E-state index is 0.319. The Morgan fingerprint density at radius 1 is 1.32 bits per heavy atom. The number of esters is 1. The van der Waals surface area contributed by atoms with E-state index in [-0.39, 0.29) is 12.1 Å². The average Bonchev–Trinajstić information content (AvgIpc) is 2.78. The number of hydrogen-bond acceptors (Lipinski definition) is 4. The van der Waals surface area contributed by atoms with E-state index in [4.69, 9.17) is 9.47 Å². The van der Waals surface area contributed by atoms with Crippen LogP contribution < -0.4 is 0 Å². The first kappa shape index (κ1) is 19.0. The van der Waals surface area contributed by atoms with E-state index in [1.807, 2.05) is 30.3 Å². The fraction of sp³-hybridized carbons (Fsp3) is 0.474. The zero-order valence-electron chi connectivity index (χ0n) is 14.8. The second-order valence-electron chi connectivity index (χ2n) is 6.40. The van der Waals surface area contributed by atoms with Crippen LogP contribution in [0.15, 0.2) is 42.5 Å². The van der Waals surface area contributed by atoms with Crippen molar-refractivity contribution in [2.45, 2.75) is 51.5 Å². The number of carbonyl (C=O) groups excluding carboxylic acids is 1. The van der Waals surface area contributed by atoms with Crippen molar-refractivity contribution in [2.24, 2.45) is 0 Å². The lowest BCUT2D eigenvalue weighted by Gasteiger charge is -2.31. The Kier molecular flexibility index (Phi) is 6.20. The summed E-state index contributed by atoms with van der Waals surface area (Å²) in [5, 5.41) is 9.65. The van der Waals surface area contributed by atoms with Gasteiger partial charge in [0.15, 0.2) is 0 Å². The maximum absolute atomic E-state index is 11.8. The Morgan fingerprint density at radius 3 is 2.60 bits per heavy atom. The third kappa shape index (κ3) is 4.82. The molecule has 1 N–H and O–H groups in total. The summed E-state index contributed by atoms with van der Waals surface area (Å²) in [5.41, 5.74) is 0.118. The van der Waals surface area contributed by atoms with Crippen LogP contribution in [-0.2, 0) is 20.7 Å². The molecule has 25 heavy (non-hydrogen) atoms. The molecule has 2 rings (SSSR count). The van der Waals surface area contributed by atoms with Crippen molar-refractivity contribution in [1.82, 2.24) is 4.90 Å². The number of benzene rings is 1. The zero-order valence-corrected chi connectivity index (χ0v) is 14.8. The van der Waals surface area contributed by atoms with Gasteiger partial charge in [0.25, 0.3) is 0 Å². The standard InChI is InChI=1S/C19H25NO5/c1-4-24-17(21)12-8-11-16-15(13-14-9-6-5-7-10-14)20(18(22)23)19(2,3)25-16/h5-10,12,15-16H,4,11,13H2,1-3H3,(H,22,23)/b12-8+. The summed E-state index contributed by atoms with van der Waals surface area (Å²) in [6.45, 7) is 5.55. The Balaban J connectivity index is 2.17. The molecule has 6 nitrogen and oxygen atoms in total. The van der Waals surface area contributed by atoms with Gasteiger partial charge in [-0.1, -0.05) is 36.4 Å². The Morgan fingerprint density at radius 2 is 2.00 bits per heavy atom. The highest BCUT2D eigenvalue weighted by Gasteiger charge is 2.49. The van der Waals surface area contributed by atoms with Gasteiger partial charge in [0.1, 0.15) is 5.72 Å². The van der Waals surface area contributed by atoms with E-state index in [1.54, 1.807) is 26.8 Å². The first-order valence-corrected chi connectivity index (χ1v) is 8.42. The molecule has 6 heteroatoms. The summed E-state index contributed by atoms with van der Waals surface area (Å²) >= 11 is 0. The van der Waals surface area contributed by atoms with Gasteiger partial charge in [-0.25, -0.2) is 9.59 Å². The quantitative estimate of drug-likeness (QED) is 0.631. The number of carboxylic acid groups (broad SMARTS) is 1. The molecule has 0 spiro atoms. The van der Waals surface area contributed by atoms with Gasteiger partial charge in [0.2, 0.25) is 0 Å². The molecule has 136 valence electrons. The van der Waals surface area contributed by atoms with Gasteiger partial charge in [-0.3, -0.25) is 4.90 Å². The van der Waals surface area contributed by atoms with Gasteiger partial charge in [0, 0.05) is 6.08 Å². The van der Waals surface area contributed by atoms with Crippen molar-refractivity contribution in [2.75, 3.05) is 6.61 Å². The molecule has 1 aliphatic rings. The van der Waals surface area contributed by atoms with Crippen molar-refractivity contribution in [3.05, 3.63) is 48.0 Å². The van der Waals surface area contributed by atoms with Crippen LogP contribution in [0.1, 0.15) is 32.8 Å². The summed E-state index contributed by atoms with van der Waals surface area (Å²) in [5.74, 6) is -0.408. The maximum atomic E-state index is 11.8. The van der Waals surface area contributed by atoms with Crippen LogP contribution in [0, 0.1) is 0 Å². The van der Waals surface area contributed by atoms with Crippen molar-refractivity contribution in [3.63, 3.8) is 0 Å². The van der Waals surface area contributed by atoms with E-state index >= 15 is 0 Å². The Hall–Kier alpha value is -2.34. The lowest BCUT2D eigenvalue weighted by atomic mass is 9.98. The second-order valence-corrected chi connectivity index (χ2v) is 6.40. The summed E-state index contributed by atoms with van der Waals surface area (Å²) in [6.07, 6.45) is 2.68. The minimum Gasteiger partial charge on any atom is -0.465 e. The predicted molar refractivity (Wildman–Crippen MR) is 93.1 cm³/mol. The third-order valence-corrected chi connectivity index (χ3v) is 4.18. The molecule has 1 heterocycles. The SMILES string of the molecule is CCOC(=O)/C=C/CC1OC(C)(C)N(C(=O)O)C1Cc1ccccc1. The van der Waals surface area contributed by atoms with Gasteiger partial charge < -0.3 is 14.6 Å². The van der Waals surface area contributed by atoms with E-state index in [0.29, 0.717) is 19.4 Å². The first-order chi connectivity index (χ1) is 11.8. The summed E-state index contributed by atoms with van der Waals surface area (Å²) in [6, 6.07) is 9.39. The summed E-state index contributed by atoms with van der Waals surface area (Å²) in [7, 11) is 0. The smallest absolute Gasteiger partial charge is 0.409 e. The van der Waals surface area contributed by atoms with Gasteiger partial charge in [0.05, 0.1) is 18.8 Å². The molecule has 0 bridgehead atoms. The Labute approximate surface area is 148 Å². The molecule has 1 aliphatic heterocycles. The van der Waals surface area contributed by atoms with Gasteiger partial charge >= 0.3 is 12.1 Å². The summed E-state index contributed by atoms with van der Waals surface area (Å²) < 4.78 is 10.8. The highest BCUT2D eigenvalue weighted by atomic mass is 16.6. The largest absolute Gasteiger partial charge is 0.465 e. The molecule has 0 aromatic heterocycles. The molecule has 0 radical (unpaired) electrons. The van der Waals surface area contributed by atoms with Crippen molar-refractivity contribution < 1.29 is 24.2 Å². The molecule has 1 aromatic carbocycles. The van der Waals surface area contributed by atoms with Crippen LogP contribution in [0.25, 0.3) is 0 Å². The number of ether oxygens (including phenoxy) is 2. The van der Waals surface area contributed by atoms with Crippen LogP contribution in [0.3, 0.4) is 0 Å². The van der Waals surface area contributed by atoms with E-state index in [1.165, 1.54) is 11.0 Å². The number of amides is 1. The van der Waals surface area contributed by atoms with E-state index < -0.39 is 17.8 Å². The lowest BCUT2D eigenvalue weighted by molar-refractivity contribution is -0.137. The summed E-state index contributed by atoms with van der Waals surface area (Å²) in [4.78, 5) is 24.6. The van der Waals surface area contributed by atoms with Crippen LogP contribution >= 0.6 is 0 Å². The van der Waals surface area contributed by atoms with Crippen LogP contribution in [0.4, 0.5) is 4.79 Å². The molecule has 1 saturated heterocycles. The van der Waals surface area contributed by atoms with Crippen molar-refractivity contribution in [1.29, 1.82) is 0 Å². The topological polar surface area (TPSA) is 76.1 Å².